The van der Waals surface area contributed by atoms with Gasteiger partial charge in [-0.15, -0.1) is 0 Å². The van der Waals surface area contributed by atoms with E-state index in [-0.39, 0.29) is 10.6 Å². The Balaban J connectivity index is 2.13. The summed E-state index contributed by atoms with van der Waals surface area (Å²) in [7, 11) is 0. The Bertz CT molecular complexity index is 731. The Morgan fingerprint density at radius 3 is 2.67 bits per heavy atom. The van der Waals surface area contributed by atoms with Crippen LogP contribution in [0.2, 0.25) is 0 Å². The topological polar surface area (TPSA) is 58.9 Å². The molecule has 3 aromatic rings. The van der Waals surface area contributed by atoms with Gasteiger partial charge in [0.05, 0.1) is 4.92 Å². The summed E-state index contributed by atoms with van der Waals surface area (Å²) in [6, 6.07) is 14.6. The molecule has 0 saturated heterocycles. The number of benzene rings is 2. The van der Waals surface area contributed by atoms with Crippen molar-refractivity contribution in [2.75, 3.05) is 0 Å². The van der Waals surface area contributed by atoms with E-state index >= 15 is 0 Å². The number of H-pyrrole nitrogens is 1. The first kappa shape index (κ1) is 10.5. The second kappa shape index (κ2) is 4.00. The molecule has 88 valence electrons. The van der Waals surface area contributed by atoms with Gasteiger partial charge in [-0.3, -0.25) is 10.1 Å². The van der Waals surface area contributed by atoms with Crippen LogP contribution >= 0.6 is 0 Å². The fourth-order valence-electron chi connectivity index (χ4n) is 2.03. The van der Waals surface area contributed by atoms with Crippen LogP contribution in [-0.2, 0) is 0 Å². The molecule has 0 amide bonds. The first-order valence-corrected chi connectivity index (χ1v) is 5.56. The molecule has 4 heteroatoms. The van der Waals surface area contributed by atoms with Crippen molar-refractivity contribution in [2.24, 2.45) is 0 Å². The first-order valence-electron chi connectivity index (χ1n) is 5.56. The van der Waals surface area contributed by atoms with Gasteiger partial charge in [-0.2, -0.15) is 0 Å². The fourth-order valence-corrected chi connectivity index (χ4v) is 2.03. The summed E-state index contributed by atoms with van der Waals surface area (Å²) in [4.78, 5) is 13.5. The number of aromatic amines is 1. The third kappa shape index (κ3) is 1.73. The number of non-ortho nitro benzene ring substituents is 1. The lowest BCUT2D eigenvalue weighted by atomic mass is 10.0. The van der Waals surface area contributed by atoms with Crippen LogP contribution in [0.15, 0.2) is 54.7 Å². The maximum Gasteiger partial charge on any atom is 0.270 e. The highest BCUT2D eigenvalue weighted by Crippen LogP contribution is 2.26. The Kier molecular flexibility index (Phi) is 2.34. The summed E-state index contributed by atoms with van der Waals surface area (Å²) in [6.45, 7) is 0. The van der Waals surface area contributed by atoms with Crippen LogP contribution < -0.4 is 0 Å². The van der Waals surface area contributed by atoms with Gasteiger partial charge in [0.15, 0.2) is 0 Å². The van der Waals surface area contributed by atoms with E-state index < -0.39 is 0 Å². The van der Waals surface area contributed by atoms with Gasteiger partial charge in [0.25, 0.3) is 5.69 Å². The maximum atomic E-state index is 10.8. The third-order valence-electron chi connectivity index (χ3n) is 2.94. The van der Waals surface area contributed by atoms with Crippen molar-refractivity contribution in [2.45, 2.75) is 0 Å². The van der Waals surface area contributed by atoms with Crippen molar-refractivity contribution in [3.05, 3.63) is 64.8 Å². The second-order valence-corrected chi connectivity index (χ2v) is 4.09. The van der Waals surface area contributed by atoms with Crippen molar-refractivity contribution >= 4 is 16.6 Å². The molecule has 0 radical (unpaired) electrons. The van der Waals surface area contributed by atoms with E-state index in [9.17, 15) is 10.1 Å². The predicted molar refractivity (Wildman–Crippen MR) is 70.4 cm³/mol. The molecule has 0 aliphatic rings. The van der Waals surface area contributed by atoms with Crippen molar-refractivity contribution in [1.82, 2.24) is 4.98 Å². The molecular formula is C14H10N2O2. The minimum atomic E-state index is -0.377. The highest BCUT2D eigenvalue weighted by atomic mass is 16.6. The molecule has 1 aromatic heterocycles. The van der Waals surface area contributed by atoms with Gasteiger partial charge in [0, 0.05) is 23.8 Å². The number of nitrogens with one attached hydrogen (secondary N) is 1. The van der Waals surface area contributed by atoms with Crippen LogP contribution in [0.3, 0.4) is 0 Å². The fraction of sp³-hybridized carbons (Fsp3) is 0. The van der Waals surface area contributed by atoms with Crippen LogP contribution in [0.4, 0.5) is 5.69 Å². The predicted octanol–water partition coefficient (Wildman–Crippen LogP) is 3.74. The number of nitro groups is 1. The zero-order valence-electron chi connectivity index (χ0n) is 9.46. The number of hydrogen-bond donors (Lipinski definition) is 1. The third-order valence-corrected chi connectivity index (χ3v) is 2.94. The van der Waals surface area contributed by atoms with Crippen molar-refractivity contribution in [1.29, 1.82) is 0 Å². The average molecular weight is 238 g/mol. The normalized spacial score (nSPS) is 10.7. The SMILES string of the molecule is O=[N+]([O-])c1cccc(-c2ccc3[nH]ccc3c2)c1. The van der Waals surface area contributed by atoms with Crippen molar-refractivity contribution in [3.63, 3.8) is 0 Å². The van der Waals surface area contributed by atoms with Crippen LogP contribution in [0.1, 0.15) is 0 Å². The number of nitrogens with zero attached hydrogens (tertiary/aromatic N) is 1. The molecule has 3 rings (SSSR count). The Morgan fingerprint density at radius 1 is 1.00 bits per heavy atom. The summed E-state index contributed by atoms with van der Waals surface area (Å²) in [5.41, 5.74) is 3.00. The summed E-state index contributed by atoms with van der Waals surface area (Å²) >= 11 is 0. The standard InChI is InChI=1S/C14H10N2O2/c17-16(18)13-3-1-2-10(9-13)11-4-5-14-12(8-11)6-7-15-14/h1-9,15H. The molecule has 0 aliphatic carbocycles. The van der Waals surface area contributed by atoms with Crippen molar-refractivity contribution < 1.29 is 4.92 Å². The van der Waals surface area contributed by atoms with E-state index in [0.29, 0.717) is 0 Å². The van der Waals surface area contributed by atoms with E-state index in [1.807, 2.05) is 36.5 Å². The molecule has 18 heavy (non-hydrogen) atoms. The first-order chi connectivity index (χ1) is 8.74. The lowest BCUT2D eigenvalue weighted by molar-refractivity contribution is -0.384. The van der Waals surface area contributed by atoms with E-state index in [1.165, 1.54) is 6.07 Å². The molecule has 1 N–H and O–H groups in total. The lowest BCUT2D eigenvalue weighted by Crippen LogP contribution is -1.87. The summed E-state index contributed by atoms with van der Waals surface area (Å²) in [5.74, 6) is 0. The number of nitro benzene ring substituents is 1. The molecule has 0 aliphatic heterocycles. The zero-order valence-corrected chi connectivity index (χ0v) is 9.46. The minimum Gasteiger partial charge on any atom is -0.361 e. The molecule has 0 spiro atoms. The molecule has 4 nitrogen and oxygen atoms in total. The van der Waals surface area contributed by atoms with Gasteiger partial charge in [0.2, 0.25) is 0 Å². The maximum absolute atomic E-state index is 10.8. The second-order valence-electron chi connectivity index (χ2n) is 4.09. The molecule has 0 unspecified atom stereocenters. The Hall–Kier alpha value is -2.62. The summed E-state index contributed by atoms with van der Waals surface area (Å²) in [5, 5.41) is 11.9. The molecule has 0 atom stereocenters. The molecular weight excluding hydrogens is 228 g/mol. The molecule has 0 bridgehead atoms. The van der Waals surface area contributed by atoms with Crippen LogP contribution in [0.25, 0.3) is 22.0 Å². The van der Waals surface area contributed by atoms with Gasteiger partial charge in [-0.1, -0.05) is 18.2 Å². The number of aromatic nitrogens is 1. The van der Waals surface area contributed by atoms with Crippen LogP contribution in [-0.4, -0.2) is 9.91 Å². The van der Waals surface area contributed by atoms with Gasteiger partial charge in [-0.25, -0.2) is 0 Å². The van der Waals surface area contributed by atoms with Gasteiger partial charge >= 0.3 is 0 Å². The largest absolute Gasteiger partial charge is 0.361 e. The highest BCUT2D eigenvalue weighted by molar-refractivity contribution is 5.85. The summed E-state index contributed by atoms with van der Waals surface area (Å²) in [6.07, 6.45) is 1.88. The average Bonchev–Trinajstić information content (AvgIpc) is 2.86. The highest BCUT2D eigenvalue weighted by Gasteiger charge is 2.07. The minimum absolute atomic E-state index is 0.113. The number of hydrogen-bond acceptors (Lipinski definition) is 2. The molecule has 0 saturated carbocycles. The van der Waals surface area contributed by atoms with E-state index in [2.05, 4.69) is 4.98 Å². The van der Waals surface area contributed by atoms with Gasteiger partial charge in [-0.05, 0) is 34.7 Å². The van der Waals surface area contributed by atoms with Crippen molar-refractivity contribution in [3.8, 4) is 11.1 Å². The van der Waals surface area contributed by atoms with Crippen LogP contribution in [0, 0.1) is 10.1 Å². The van der Waals surface area contributed by atoms with Gasteiger partial charge in [0.1, 0.15) is 0 Å². The number of fused-ring (bicyclic) bond motifs is 1. The lowest BCUT2D eigenvalue weighted by Gasteiger charge is -2.02. The molecule has 2 aromatic carbocycles. The summed E-state index contributed by atoms with van der Waals surface area (Å²) < 4.78 is 0. The van der Waals surface area contributed by atoms with Gasteiger partial charge < -0.3 is 4.98 Å². The number of rotatable bonds is 2. The monoisotopic (exact) mass is 238 g/mol. The molecule has 1 heterocycles. The molecule has 0 fully saturated rings. The smallest absolute Gasteiger partial charge is 0.270 e. The quantitative estimate of drug-likeness (QED) is 0.546. The Morgan fingerprint density at radius 2 is 1.83 bits per heavy atom. The van der Waals surface area contributed by atoms with E-state index in [0.717, 1.165) is 22.0 Å². The van der Waals surface area contributed by atoms with Crippen LogP contribution in [0.5, 0.6) is 0 Å². The van der Waals surface area contributed by atoms with E-state index in [4.69, 9.17) is 0 Å². The zero-order chi connectivity index (χ0) is 12.5. The Labute approximate surface area is 103 Å². The van der Waals surface area contributed by atoms with E-state index in [1.54, 1.807) is 12.1 Å².